The van der Waals surface area contributed by atoms with Gasteiger partial charge in [-0.25, -0.2) is 4.98 Å². The van der Waals surface area contributed by atoms with Crippen LogP contribution in [0.4, 0.5) is 5.69 Å². The van der Waals surface area contributed by atoms with Crippen molar-refractivity contribution in [3.05, 3.63) is 65.8 Å². The second-order valence-corrected chi connectivity index (χ2v) is 6.85. The van der Waals surface area contributed by atoms with Gasteiger partial charge in [0.05, 0.1) is 25.1 Å². The van der Waals surface area contributed by atoms with Gasteiger partial charge in [-0.05, 0) is 31.2 Å². The van der Waals surface area contributed by atoms with E-state index in [1.165, 1.54) is 11.3 Å². The monoisotopic (exact) mass is 393 g/mol. The number of hydrogen-bond acceptors (Lipinski definition) is 5. The summed E-state index contributed by atoms with van der Waals surface area (Å²) in [5.41, 5.74) is 2.88. The van der Waals surface area contributed by atoms with Crippen LogP contribution in [0.1, 0.15) is 17.4 Å². The van der Waals surface area contributed by atoms with Crippen molar-refractivity contribution in [1.29, 1.82) is 0 Å². The van der Waals surface area contributed by atoms with Crippen molar-refractivity contribution in [2.24, 2.45) is 0 Å². The zero-order valence-corrected chi connectivity index (χ0v) is 16.3. The van der Waals surface area contributed by atoms with Crippen molar-refractivity contribution in [2.75, 3.05) is 19.0 Å². The molecule has 4 aromatic rings. The van der Waals surface area contributed by atoms with Crippen LogP contribution in [-0.4, -0.2) is 29.0 Å². The van der Waals surface area contributed by atoms with Gasteiger partial charge in [-0.3, -0.25) is 9.20 Å². The average Bonchev–Trinajstić information content (AvgIpc) is 3.30. The Hall–Kier alpha value is -3.32. The van der Waals surface area contributed by atoms with Crippen molar-refractivity contribution >= 4 is 27.9 Å². The van der Waals surface area contributed by atoms with Crippen LogP contribution in [0, 0.1) is 0 Å². The summed E-state index contributed by atoms with van der Waals surface area (Å²) in [4.78, 5) is 18.3. The van der Waals surface area contributed by atoms with E-state index in [-0.39, 0.29) is 5.91 Å². The van der Waals surface area contributed by atoms with Crippen LogP contribution in [0.15, 0.2) is 60.1 Å². The van der Waals surface area contributed by atoms with E-state index in [1.54, 1.807) is 16.9 Å². The van der Waals surface area contributed by atoms with E-state index in [1.807, 2.05) is 61.7 Å². The molecule has 142 valence electrons. The molecule has 0 bridgehead atoms. The molecule has 1 amide bonds. The van der Waals surface area contributed by atoms with Gasteiger partial charge in [0.15, 0.2) is 4.96 Å². The number of amides is 1. The molecule has 2 heterocycles. The molecule has 0 saturated carbocycles. The molecular formula is C21H19N3O3S. The third-order valence-electron chi connectivity index (χ3n) is 4.24. The predicted octanol–water partition coefficient (Wildman–Crippen LogP) is 4.72. The van der Waals surface area contributed by atoms with E-state index in [4.69, 9.17) is 9.47 Å². The third-order valence-corrected chi connectivity index (χ3v) is 5.08. The Morgan fingerprint density at radius 2 is 2.07 bits per heavy atom. The predicted molar refractivity (Wildman–Crippen MR) is 111 cm³/mol. The minimum absolute atomic E-state index is 0.215. The van der Waals surface area contributed by atoms with Gasteiger partial charge in [0.1, 0.15) is 17.2 Å². The number of methoxy groups -OCH3 is 1. The van der Waals surface area contributed by atoms with Gasteiger partial charge in [0, 0.05) is 17.1 Å². The zero-order chi connectivity index (χ0) is 19.5. The Kier molecular flexibility index (Phi) is 4.99. The second kappa shape index (κ2) is 7.74. The van der Waals surface area contributed by atoms with Gasteiger partial charge >= 0.3 is 0 Å². The summed E-state index contributed by atoms with van der Waals surface area (Å²) in [5, 5.41) is 4.73. The van der Waals surface area contributed by atoms with E-state index in [0.717, 1.165) is 22.0 Å². The van der Waals surface area contributed by atoms with Crippen LogP contribution in [-0.2, 0) is 0 Å². The molecule has 0 saturated heterocycles. The number of hydrogen-bond donors (Lipinski definition) is 1. The number of nitrogens with zero attached hydrogens (tertiary/aromatic N) is 2. The van der Waals surface area contributed by atoms with Crippen LogP contribution >= 0.6 is 11.3 Å². The zero-order valence-electron chi connectivity index (χ0n) is 15.5. The normalized spacial score (nSPS) is 10.8. The van der Waals surface area contributed by atoms with E-state index in [0.29, 0.717) is 23.7 Å². The molecule has 0 aliphatic rings. The topological polar surface area (TPSA) is 64.9 Å². The summed E-state index contributed by atoms with van der Waals surface area (Å²) >= 11 is 1.42. The number of anilines is 1. The summed E-state index contributed by atoms with van der Waals surface area (Å²) < 4.78 is 12.7. The number of para-hydroxylation sites is 2. The van der Waals surface area contributed by atoms with Crippen LogP contribution in [0.3, 0.4) is 0 Å². The molecule has 28 heavy (non-hydrogen) atoms. The molecule has 4 rings (SSSR count). The largest absolute Gasteiger partial charge is 0.497 e. The maximum Gasteiger partial charge on any atom is 0.273 e. The molecule has 6 nitrogen and oxygen atoms in total. The molecule has 0 unspecified atom stereocenters. The summed E-state index contributed by atoms with van der Waals surface area (Å²) in [5.74, 6) is 1.19. The fourth-order valence-electron chi connectivity index (χ4n) is 2.91. The van der Waals surface area contributed by atoms with Crippen molar-refractivity contribution in [3.63, 3.8) is 0 Å². The number of aromatic nitrogens is 2. The third kappa shape index (κ3) is 3.44. The van der Waals surface area contributed by atoms with Gasteiger partial charge in [0.2, 0.25) is 0 Å². The van der Waals surface area contributed by atoms with E-state index < -0.39 is 0 Å². The SMILES string of the molecule is CCOc1ccccc1NC(=O)c1csc2nc(-c3cccc(OC)c3)cn12. The fraction of sp³-hybridized carbons (Fsp3) is 0.143. The molecule has 0 fully saturated rings. The first-order valence-electron chi connectivity index (χ1n) is 8.83. The van der Waals surface area contributed by atoms with Crippen LogP contribution in [0.5, 0.6) is 11.5 Å². The summed E-state index contributed by atoms with van der Waals surface area (Å²) in [6.45, 7) is 2.44. The van der Waals surface area contributed by atoms with Crippen molar-refractivity contribution in [1.82, 2.24) is 9.38 Å². The summed E-state index contributed by atoms with van der Waals surface area (Å²) in [7, 11) is 1.63. The molecule has 2 aromatic heterocycles. The molecule has 0 atom stereocenters. The summed E-state index contributed by atoms with van der Waals surface area (Å²) in [6.07, 6.45) is 1.87. The van der Waals surface area contributed by atoms with Gasteiger partial charge in [-0.1, -0.05) is 24.3 Å². The number of ether oxygens (including phenoxy) is 2. The minimum Gasteiger partial charge on any atom is -0.497 e. The highest BCUT2D eigenvalue weighted by molar-refractivity contribution is 7.15. The number of carbonyl (C=O) groups excluding carboxylic acids is 1. The molecule has 0 aliphatic heterocycles. The van der Waals surface area contributed by atoms with Gasteiger partial charge in [0.25, 0.3) is 5.91 Å². The minimum atomic E-state index is -0.215. The molecule has 0 aliphatic carbocycles. The van der Waals surface area contributed by atoms with Crippen LogP contribution in [0.25, 0.3) is 16.2 Å². The number of benzene rings is 2. The van der Waals surface area contributed by atoms with Gasteiger partial charge in [-0.15, -0.1) is 11.3 Å². The maximum atomic E-state index is 12.9. The number of nitrogens with one attached hydrogen (secondary N) is 1. The lowest BCUT2D eigenvalue weighted by atomic mass is 10.1. The molecule has 0 spiro atoms. The van der Waals surface area contributed by atoms with Crippen LogP contribution < -0.4 is 14.8 Å². The number of fused-ring (bicyclic) bond motifs is 1. The number of rotatable bonds is 6. The van der Waals surface area contributed by atoms with E-state index >= 15 is 0 Å². The lowest BCUT2D eigenvalue weighted by molar-refractivity contribution is 0.102. The maximum absolute atomic E-state index is 12.9. The molecule has 2 aromatic carbocycles. The smallest absolute Gasteiger partial charge is 0.273 e. The Bertz CT molecular complexity index is 1130. The Morgan fingerprint density at radius 3 is 2.89 bits per heavy atom. The van der Waals surface area contributed by atoms with Gasteiger partial charge in [-0.2, -0.15) is 0 Å². The number of imidazole rings is 1. The molecule has 7 heteroatoms. The molecule has 1 N–H and O–H groups in total. The average molecular weight is 393 g/mol. The first-order chi connectivity index (χ1) is 13.7. The summed E-state index contributed by atoms with van der Waals surface area (Å²) in [6, 6.07) is 15.1. The Labute approximate surface area is 166 Å². The lowest BCUT2D eigenvalue weighted by Gasteiger charge is -2.10. The molecule has 0 radical (unpaired) electrons. The second-order valence-electron chi connectivity index (χ2n) is 6.01. The first-order valence-corrected chi connectivity index (χ1v) is 9.71. The molecular weight excluding hydrogens is 374 g/mol. The quantitative estimate of drug-likeness (QED) is 0.515. The van der Waals surface area contributed by atoms with Crippen molar-refractivity contribution in [2.45, 2.75) is 6.92 Å². The Balaban J connectivity index is 1.64. The Morgan fingerprint density at radius 1 is 1.21 bits per heavy atom. The fourth-order valence-corrected chi connectivity index (χ4v) is 3.76. The highest BCUT2D eigenvalue weighted by Gasteiger charge is 2.17. The van der Waals surface area contributed by atoms with Crippen LogP contribution in [0.2, 0.25) is 0 Å². The lowest BCUT2D eigenvalue weighted by Crippen LogP contribution is -2.14. The van der Waals surface area contributed by atoms with Gasteiger partial charge < -0.3 is 14.8 Å². The van der Waals surface area contributed by atoms with Crippen molar-refractivity contribution in [3.8, 4) is 22.8 Å². The standard InChI is InChI=1S/C21H19N3O3S/c1-3-27-19-10-5-4-9-16(19)22-20(25)18-13-28-21-23-17(12-24(18)21)14-7-6-8-15(11-14)26-2/h4-13H,3H2,1-2H3,(H,22,25). The van der Waals surface area contributed by atoms with E-state index in [9.17, 15) is 4.79 Å². The highest BCUT2D eigenvalue weighted by atomic mass is 32.1. The highest BCUT2D eigenvalue weighted by Crippen LogP contribution is 2.28. The van der Waals surface area contributed by atoms with E-state index in [2.05, 4.69) is 10.3 Å². The number of thiazole rings is 1. The number of carbonyl (C=O) groups is 1. The van der Waals surface area contributed by atoms with Crippen molar-refractivity contribution < 1.29 is 14.3 Å². The first kappa shape index (κ1) is 18.1.